The molecule has 0 aliphatic rings. The van der Waals surface area contributed by atoms with E-state index in [1.54, 1.807) is 24.3 Å². The maximum atomic E-state index is 12.4. The van der Waals surface area contributed by atoms with Crippen LogP contribution in [0.25, 0.3) is 11.3 Å². The third-order valence-electron chi connectivity index (χ3n) is 3.52. The van der Waals surface area contributed by atoms with E-state index >= 15 is 0 Å². The van der Waals surface area contributed by atoms with Crippen LogP contribution in [0.4, 0.5) is 5.82 Å². The average molecular weight is 372 g/mol. The summed E-state index contributed by atoms with van der Waals surface area (Å²) in [4.78, 5) is 12.4. The molecular formula is C19H18ClN3O3. The lowest BCUT2D eigenvalue weighted by Gasteiger charge is -2.09. The molecular weight excluding hydrogens is 354 g/mol. The first-order chi connectivity index (χ1) is 12.5. The maximum Gasteiger partial charge on any atom is 0.257 e. The molecule has 3 rings (SSSR count). The number of hydrogen-bond acceptors (Lipinski definition) is 5. The fourth-order valence-corrected chi connectivity index (χ4v) is 2.43. The van der Waals surface area contributed by atoms with E-state index in [9.17, 15) is 4.79 Å². The minimum absolute atomic E-state index is 0.242. The summed E-state index contributed by atoms with van der Waals surface area (Å²) >= 11 is 5.92. The van der Waals surface area contributed by atoms with Gasteiger partial charge >= 0.3 is 0 Å². The van der Waals surface area contributed by atoms with Crippen molar-refractivity contribution in [1.82, 2.24) is 10.3 Å². The molecule has 0 radical (unpaired) electrons. The van der Waals surface area contributed by atoms with Crippen LogP contribution in [0.1, 0.15) is 24.2 Å². The summed E-state index contributed by atoms with van der Waals surface area (Å²) in [5.41, 5.74) is 1.62. The Kier molecular flexibility index (Phi) is 5.53. The third-order valence-corrected chi connectivity index (χ3v) is 3.75. The summed E-state index contributed by atoms with van der Waals surface area (Å²) in [6.07, 6.45) is 0. The molecule has 1 aromatic heterocycles. The van der Waals surface area contributed by atoms with E-state index in [2.05, 4.69) is 29.5 Å². The Balaban J connectivity index is 1.75. The van der Waals surface area contributed by atoms with Crippen LogP contribution in [-0.4, -0.2) is 22.8 Å². The molecule has 0 aliphatic carbocycles. The van der Waals surface area contributed by atoms with Crippen molar-refractivity contribution in [2.24, 2.45) is 5.92 Å². The van der Waals surface area contributed by atoms with Crippen molar-refractivity contribution in [3.63, 3.8) is 0 Å². The van der Waals surface area contributed by atoms with Gasteiger partial charge in [-0.15, -0.1) is 0 Å². The molecule has 0 saturated heterocycles. The second-order valence-corrected chi connectivity index (χ2v) is 6.59. The molecule has 0 bridgehead atoms. The Hall–Kier alpha value is -2.86. The molecule has 7 heteroatoms. The van der Waals surface area contributed by atoms with Gasteiger partial charge in [0, 0.05) is 16.1 Å². The molecule has 0 saturated carbocycles. The fraction of sp³-hybridized carbons (Fsp3) is 0.211. The van der Waals surface area contributed by atoms with E-state index in [0.717, 1.165) is 11.3 Å². The number of nitrogens with zero attached hydrogens (tertiary/aromatic N) is 2. The Bertz CT molecular complexity index is 891. The topological polar surface area (TPSA) is 77.2 Å². The summed E-state index contributed by atoms with van der Waals surface area (Å²) in [5.74, 6) is 1.11. The number of nitrogens with one attached hydrogen (secondary N) is 1. The number of ether oxygens (including phenoxy) is 1. The first kappa shape index (κ1) is 17.9. The zero-order valence-electron chi connectivity index (χ0n) is 14.4. The first-order valence-corrected chi connectivity index (χ1v) is 8.53. The van der Waals surface area contributed by atoms with Crippen LogP contribution in [0.15, 0.2) is 53.2 Å². The summed E-state index contributed by atoms with van der Waals surface area (Å²) in [5, 5.41) is 10.8. The zero-order valence-corrected chi connectivity index (χ0v) is 15.2. The van der Waals surface area contributed by atoms with Gasteiger partial charge < -0.3 is 10.1 Å². The van der Waals surface area contributed by atoms with Gasteiger partial charge in [0.05, 0.1) is 6.61 Å². The lowest BCUT2D eigenvalue weighted by atomic mass is 10.1. The second-order valence-electron chi connectivity index (χ2n) is 6.16. The standard InChI is InChI=1S/C19H18ClN3O3/c1-12(2)11-25-16-8-6-13(7-9-16)17-18(23-26-22-17)21-19(24)14-4-3-5-15(20)10-14/h3-10,12H,11H2,1-2H3,(H,21,23,24). The number of benzene rings is 2. The smallest absolute Gasteiger partial charge is 0.257 e. The molecule has 0 aliphatic heterocycles. The SMILES string of the molecule is CC(C)COc1ccc(-c2nonc2NC(=O)c2cccc(Cl)c2)cc1. The predicted molar refractivity (Wildman–Crippen MR) is 99.5 cm³/mol. The van der Waals surface area contributed by atoms with Crippen LogP contribution in [0.2, 0.25) is 5.02 Å². The van der Waals surface area contributed by atoms with E-state index in [-0.39, 0.29) is 11.7 Å². The van der Waals surface area contributed by atoms with E-state index < -0.39 is 0 Å². The molecule has 1 amide bonds. The number of rotatable bonds is 6. The summed E-state index contributed by atoms with van der Waals surface area (Å²) in [7, 11) is 0. The second kappa shape index (κ2) is 8.01. The number of halogens is 1. The van der Waals surface area contributed by atoms with Gasteiger partial charge in [0.15, 0.2) is 5.69 Å². The van der Waals surface area contributed by atoms with Crippen molar-refractivity contribution < 1.29 is 14.2 Å². The van der Waals surface area contributed by atoms with Crippen molar-refractivity contribution in [1.29, 1.82) is 0 Å². The van der Waals surface area contributed by atoms with Gasteiger partial charge in [0.2, 0.25) is 5.82 Å². The number of aromatic nitrogens is 2. The summed E-state index contributed by atoms with van der Waals surface area (Å²) in [6.45, 7) is 4.82. The highest BCUT2D eigenvalue weighted by atomic mass is 35.5. The fourth-order valence-electron chi connectivity index (χ4n) is 2.24. The van der Waals surface area contributed by atoms with Crippen LogP contribution in [0, 0.1) is 5.92 Å². The van der Waals surface area contributed by atoms with Crippen LogP contribution in [0.3, 0.4) is 0 Å². The van der Waals surface area contributed by atoms with Gasteiger partial charge in [-0.3, -0.25) is 4.79 Å². The first-order valence-electron chi connectivity index (χ1n) is 8.15. The van der Waals surface area contributed by atoms with Crippen molar-refractivity contribution in [2.45, 2.75) is 13.8 Å². The van der Waals surface area contributed by atoms with Crippen molar-refractivity contribution in [3.8, 4) is 17.0 Å². The minimum atomic E-state index is -0.346. The number of amides is 1. The number of anilines is 1. The third kappa shape index (κ3) is 4.40. The number of carbonyl (C=O) groups is 1. The molecule has 134 valence electrons. The molecule has 1 heterocycles. The largest absolute Gasteiger partial charge is 0.493 e. The molecule has 6 nitrogen and oxygen atoms in total. The van der Waals surface area contributed by atoms with Crippen LogP contribution in [0.5, 0.6) is 5.75 Å². The van der Waals surface area contributed by atoms with E-state index in [1.165, 1.54) is 0 Å². The van der Waals surface area contributed by atoms with Crippen molar-refractivity contribution >= 4 is 23.3 Å². The molecule has 2 aromatic carbocycles. The van der Waals surface area contributed by atoms with Gasteiger partial charge in [0.25, 0.3) is 5.91 Å². The van der Waals surface area contributed by atoms with Crippen LogP contribution >= 0.6 is 11.6 Å². The molecule has 3 aromatic rings. The quantitative estimate of drug-likeness (QED) is 0.680. The highest BCUT2D eigenvalue weighted by molar-refractivity contribution is 6.31. The number of carbonyl (C=O) groups excluding carboxylic acids is 1. The van der Waals surface area contributed by atoms with Crippen molar-refractivity contribution in [2.75, 3.05) is 11.9 Å². The van der Waals surface area contributed by atoms with Crippen LogP contribution in [-0.2, 0) is 0 Å². The molecule has 0 fully saturated rings. The van der Waals surface area contributed by atoms with Crippen molar-refractivity contribution in [3.05, 3.63) is 59.1 Å². The van der Waals surface area contributed by atoms with Gasteiger partial charge in [-0.1, -0.05) is 31.5 Å². The molecule has 1 N–H and O–H groups in total. The van der Waals surface area contributed by atoms with E-state index in [4.69, 9.17) is 21.0 Å². The average Bonchev–Trinajstić information content (AvgIpc) is 3.08. The normalized spacial score (nSPS) is 10.8. The minimum Gasteiger partial charge on any atom is -0.493 e. The van der Waals surface area contributed by atoms with Gasteiger partial charge in [-0.2, -0.15) is 0 Å². The van der Waals surface area contributed by atoms with E-state index in [1.807, 2.05) is 24.3 Å². The predicted octanol–water partition coefficient (Wildman–Crippen LogP) is 4.68. The van der Waals surface area contributed by atoms with Crippen LogP contribution < -0.4 is 10.1 Å². The zero-order chi connectivity index (χ0) is 18.5. The monoisotopic (exact) mass is 371 g/mol. The molecule has 0 spiro atoms. The maximum absolute atomic E-state index is 12.4. The molecule has 0 unspecified atom stereocenters. The highest BCUT2D eigenvalue weighted by Gasteiger charge is 2.16. The van der Waals surface area contributed by atoms with Gasteiger partial charge in [0.1, 0.15) is 5.75 Å². The summed E-state index contributed by atoms with van der Waals surface area (Å²) < 4.78 is 10.5. The lowest BCUT2D eigenvalue weighted by molar-refractivity contribution is 0.102. The Morgan fingerprint density at radius 3 is 2.65 bits per heavy atom. The number of hydrogen-bond donors (Lipinski definition) is 1. The lowest BCUT2D eigenvalue weighted by Crippen LogP contribution is -2.12. The molecule has 26 heavy (non-hydrogen) atoms. The van der Waals surface area contributed by atoms with Gasteiger partial charge in [-0.05, 0) is 58.7 Å². The molecule has 0 atom stereocenters. The highest BCUT2D eigenvalue weighted by Crippen LogP contribution is 2.27. The van der Waals surface area contributed by atoms with Gasteiger partial charge in [-0.25, -0.2) is 4.63 Å². The Labute approximate surface area is 156 Å². The summed E-state index contributed by atoms with van der Waals surface area (Å²) in [6, 6.07) is 14.0. The Morgan fingerprint density at radius 1 is 1.19 bits per heavy atom. The van der Waals surface area contributed by atoms with E-state index in [0.29, 0.717) is 28.8 Å². The Morgan fingerprint density at radius 2 is 1.96 bits per heavy atom.